The molecular formula is C22H20N6O4S. The van der Waals surface area contributed by atoms with Crippen LogP contribution in [0.5, 0.6) is 0 Å². The van der Waals surface area contributed by atoms with Crippen molar-refractivity contribution in [3.05, 3.63) is 81.2 Å². The molecule has 2 aromatic carbocycles. The fraction of sp³-hybridized carbons (Fsp3) is 0.136. The molecule has 0 atom stereocenters. The van der Waals surface area contributed by atoms with Crippen LogP contribution in [0.1, 0.15) is 34.2 Å². The molecule has 0 aliphatic rings. The average molecular weight is 465 g/mol. The molecule has 0 saturated carbocycles. The Labute approximate surface area is 193 Å². The van der Waals surface area contributed by atoms with Crippen molar-refractivity contribution in [2.75, 3.05) is 5.32 Å². The minimum atomic E-state index is -0.493. The predicted molar refractivity (Wildman–Crippen MR) is 125 cm³/mol. The molecule has 2 amide bonds. The van der Waals surface area contributed by atoms with Gasteiger partial charge in [-0.25, -0.2) is 15.4 Å². The lowest BCUT2D eigenvalue weighted by molar-refractivity contribution is -0.387. The van der Waals surface area contributed by atoms with Crippen LogP contribution in [0.25, 0.3) is 0 Å². The quantitative estimate of drug-likeness (QED) is 0.234. The Hall–Kier alpha value is -4.12. The first-order valence-electron chi connectivity index (χ1n) is 9.71. The second kappa shape index (κ2) is 10.5. The van der Waals surface area contributed by atoms with E-state index in [-0.39, 0.29) is 11.6 Å². The van der Waals surface area contributed by atoms with Gasteiger partial charge in [0.2, 0.25) is 5.91 Å². The van der Waals surface area contributed by atoms with Gasteiger partial charge in [0, 0.05) is 41.2 Å². The highest BCUT2D eigenvalue weighted by molar-refractivity contribution is 7.99. The van der Waals surface area contributed by atoms with Gasteiger partial charge in [-0.3, -0.25) is 19.7 Å². The van der Waals surface area contributed by atoms with Crippen molar-refractivity contribution in [2.24, 2.45) is 5.10 Å². The molecule has 1 aromatic heterocycles. The lowest BCUT2D eigenvalue weighted by atomic mass is 10.2. The molecule has 3 rings (SSSR count). The zero-order valence-electron chi connectivity index (χ0n) is 18.0. The third kappa shape index (κ3) is 6.68. The van der Waals surface area contributed by atoms with Gasteiger partial charge in [0.1, 0.15) is 0 Å². The van der Waals surface area contributed by atoms with Crippen LogP contribution in [0.3, 0.4) is 0 Å². The van der Waals surface area contributed by atoms with E-state index in [1.54, 1.807) is 30.3 Å². The second-order valence-corrected chi connectivity index (χ2v) is 7.99. The number of carbonyl (C=O) groups excluding carboxylic acids is 2. The van der Waals surface area contributed by atoms with E-state index in [0.29, 0.717) is 26.9 Å². The van der Waals surface area contributed by atoms with Gasteiger partial charge in [-0.1, -0.05) is 12.1 Å². The Morgan fingerprint density at radius 3 is 2.48 bits per heavy atom. The van der Waals surface area contributed by atoms with Gasteiger partial charge in [0.15, 0.2) is 5.16 Å². The molecule has 33 heavy (non-hydrogen) atoms. The first kappa shape index (κ1) is 23.5. The number of hydrogen-bond donors (Lipinski definition) is 2. The molecule has 0 aliphatic heterocycles. The van der Waals surface area contributed by atoms with Gasteiger partial charge in [0.25, 0.3) is 11.6 Å². The van der Waals surface area contributed by atoms with Gasteiger partial charge >= 0.3 is 0 Å². The third-order valence-corrected chi connectivity index (χ3v) is 5.10. The van der Waals surface area contributed by atoms with Crippen LogP contribution in [0.4, 0.5) is 11.4 Å². The number of hydrazone groups is 1. The van der Waals surface area contributed by atoms with E-state index in [4.69, 9.17) is 0 Å². The van der Waals surface area contributed by atoms with Crippen LogP contribution in [-0.4, -0.2) is 32.9 Å². The lowest BCUT2D eigenvalue weighted by Gasteiger charge is -2.05. The summed E-state index contributed by atoms with van der Waals surface area (Å²) >= 11 is 1.10. The van der Waals surface area contributed by atoms with E-state index in [0.717, 1.165) is 23.1 Å². The van der Waals surface area contributed by atoms with Crippen LogP contribution < -0.4 is 10.7 Å². The summed E-state index contributed by atoms with van der Waals surface area (Å²) in [5.74, 6) is -0.745. The molecule has 0 bridgehead atoms. The number of nitrogens with zero attached hydrogens (tertiary/aromatic N) is 4. The first-order chi connectivity index (χ1) is 15.7. The van der Waals surface area contributed by atoms with Crippen LogP contribution in [0.2, 0.25) is 0 Å². The molecule has 0 saturated heterocycles. The van der Waals surface area contributed by atoms with E-state index in [9.17, 15) is 19.7 Å². The largest absolute Gasteiger partial charge is 0.326 e. The van der Waals surface area contributed by atoms with E-state index in [2.05, 4.69) is 25.8 Å². The lowest BCUT2D eigenvalue weighted by Crippen LogP contribution is -2.18. The fourth-order valence-corrected chi connectivity index (χ4v) is 3.80. The number of nitro benzene ring substituents is 1. The summed E-state index contributed by atoms with van der Waals surface area (Å²) in [5, 5.41) is 18.5. The van der Waals surface area contributed by atoms with Gasteiger partial charge < -0.3 is 5.32 Å². The first-order valence-corrected chi connectivity index (χ1v) is 10.5. The molecule has 10 nitrogen and oxygen atoms in total. The molecule has 2 N–H and O–H groups in total. The molecule has 0 radical (unpaired) electrons. The minimum Gasteiger partial charge on any atom is -0.326 e. The maximum Gasteiger partial charge on any atom is 0.283 e. The van der Waals surface area contributed by atoms with Crippen LogP contribution in [-0.2, 0) is 4.79 Å². The van der Waals surface area contributed by atoms with Gasteiger partial charge in [0.05, 0.1) is 16.0 Å². The number of aromatic nitrogens is 2. The standard InChI is InChI=1S/C22H20N6O4S/c1-13-9-14(2)25-22(24-13)33-20-8-7-16(10-19(20)28(31)32)12-23-27-21(30)17-5-4-6-18(11-17)26-15(3)29/h4-12H,1-3H3,(H,26,29)(H,27,30). The Morgan fingerprint density at radius 1 is 1.09 bits per heavy atom. The van der Waals surface area contributed by atoms with Crippen molar-refractivity contribution in [1.82, 2.24) is 15.4 Å². The molecule has 1 heterocycles. The Morgan fingerprint density at radius 2 is 1.82 bits per heavy atom. The van der Waals surface area contributed by atoms with E-state index >= 15 is 0 Å². The normalized spacial score (nSPS) is 10.8. The summed E-state index contributed by atoms with van der Waals surface area (Å²) in [6.07, 6.45) is 1.31. The molecule has 0 spiro atoms. The van der Waals surface area contributed by atoms with E-state index in [1.807, 2.05) is 19.9 Å². The topological polar surface area (TPSA) is 139 Å². The maximum atomic E-state index is 12.3. The van der Waals surface area contributed by atoms with Gasteiger partial charge in [-0.2, -0.15) is 5.10 Å². The number of carbonyl (C=O) groups is 2. The SMILES string of the molecule is CC(=O)Nc1cccc(C(=O)NN=Cc2ccc(Sc3nc(C)cc(C)n3)c([N+](=O)[O-])c2)c1. The molecule has 0 aliphatic carbocycles. The Balaban J connectivity index is 1.73. The van der Waals surface area contributed by atoms with Crippen molar-refractivity contribution in [3.8, 4) is 0 Å². The Kier molecular flexibility index (Phi) is 7.46. The van der Waals surface area contributed by atoms with E-state index in [1.165, 1.54) is 25.3 Å². The number of nitrogens with one attached hydrogen (secondary N) is 2. The Bertz CT molecular complexity index is 1240. The third-order valence-electron chi connectivity index (χ3n) is 4.17. The van der Waals surface area contributed by atoms with Crippen molar-refractivity contribution in [1.29, 1.82) is 0 Å². The fourth-order valence-electron chi connectivity index (χ4n) is 2.85. The predicted octanol–water partition coefficient (Wildman–Crippen LogP) is 3.88. The molecular weight excluding hydrogens is 444 g/mol. The number of hydrogen-bond acceptors (Lipinski definition) is 8. The summed E-state index contributed by atoms with van der Waals surface area (Å²) in [4.78, 5) is 43.5. The maximum absolute atomic E-state index is 12.3. The molecule has 3 aromatic rings. The van der Waals surface area contributed by atoms with Crippen molar-refractivity contribution in [3.63, 3.8) is 0 Å². The highest BCUT2D eigenvalue weighted by Gasteiger charge is 2.17. The summed E-state index contributed by atoms with van der Waals surface area (Å²) in [6, 6.07) is 12.8. The van der Waals surface area contributed by atoms with Crippen LogP contribution >= 0.6 is 11.8 Å². The molecule has 168 valence electrons. The number of benzene rings is 2. The number of nitro groups is 1. The zero-order chi connectivity index (χ0) is 24.0. The number of aryl methyl sites for hydroxylation is 2. The zero-order valence-corrected chi connectivity index (χ0v) is 18.8. The minimum absolute atomic E-state index is 0.124. The van der Waals surface area contributed by atoms with Crippen LogP contribution in [0, 0.1) is 24.0 Å². The number of rotatable bonds is 7. The second-order valence-electron chi connectivity index (χ2n) is 6.98. The molecule has 0 fully saturated rings. The molecule has 11 heteroatoms. The molecule has 0 unspecified atom stereocenters. The smallest absolute Gasteiger partial charge is 0.283 e. The average Bonchev–Trinajstić information content (AvgIpc) is 2.73. The van der Waals surface area contributed by atoms with E-state index < -0.39 is 10.8 Å². The summed E-state index contributed by atoms with van der Waals surface area (Å²) in [6.45, 7) is 5.03. The van der Waals surface area contributed by atoms with Crippen molar-refractivity contribution in [2.45, 2.75) is 30.8 Å². The highest BCUT2D eigenvalue weighted by atomic mass is 32.2. The number of anilines is 1. The van der Waals surface area contributed by atoms with Crippen molar-refractivity contribution >= 4 is 41.2 Å². The van der Waals surface area contributed by atoms with Crippen molar-refractivity contribution < 1.29 is 14.5 Å². The van der Waals surface area contributed by atoms with Gasteiger partial charge in [-0.05, 0) is 55.9 Å². The summed E-state index contributed by atoms with van der Waals surface area (Å²) in [7, 11) is 0. The monoisotopic (exact) mass is 464 g/mol. The highest BCUT2D eigenvalue weighted by Crippen LogP contribution is 2.33. The van der Waals surface area contributed by atoms with Crippen LogP contribution in [0.15, 0.2) is 63.7 Å². The summed E-state index contributed by atoms with van der Waals surface area (Å²) in [5.41, 5.74) is 5.00. The van der Waals surface area contributed by atoms with Gasteiger partial charge in [-0.15, -0.1) is 0 Å². The number of amides is 2. The summed E-state index contributed by atoms with van der Waals surface area (Å²) < 4.78 is 0.